The van der Waals surface area contributed by atoms with Gasteiger partial charge in [-0.05, 0) is 39.4 Å². The molecule has 0 aliphatic carbocycles. The van der Waals surface area contributed by atoms with Crippen LogP contribution in [0.1, 0.15) is 20.3 Å². The number of rotatable bonds is 2. The van der Waals surface area contributed by atoms with E-state index in [2.05, 4.69) is 36.2 Å². The van der Waals surface area contributed by atoms with Gasteiger partial charge in [-0.3, -0.25) is 0 Å². The second-order valence-corrected chi connectivity index (χ2v) is 5.47. The van der Waals surface area contributed by atoms with Gasteiger partial charge in [-0.2, -0.15) is 0 Å². The van der Waals surface area contributed by atoms with Gasteiger partial charge in [0.15, 0.2) is 11.5 Å². The van der Waals surface area contributed by atoms with Crippen LogP contribution < -0.4 is 19.7 Å². The summed E-state index contributed by atoms with van der Waals surface area (Å²) in [5, 5.41) is 3.41. The largest absolute Gasteiger partial charge is 0.454 e. The summed E-state index contributed by atoms with van der Waals surface area (Å²) in [6, 6.07) is 6.72. The molecule has 3 rings (SSSR count). The van der Waals surface area contributed by atoms with E-state index >= 15 is 0 Å². The van der Waals surface area contributed by atoms with Gasteiger partial charge in [-0.1, -0.05) is 0 Å². The van der Waals surface area contributed by atoms with E-state index in [1.54, 1.807) is 0 Å². The molecular weight excluding hydrogens is 228 g/mol. The Balaban J connectivity index is 1.91. The predicted octanol–water partition coefficient (Wildman–Crippen LogP) is 1.99. The Morgan fingerprint density at radius 3 is 2.78 bits per heavy atom. The van der Waals surface area contributed by atoms with E-state index in [0.29, 0.717) is 12.8 Å². The van der Waals surface area contributed by atoms with Crippen LogP contribution in [-0.2, 0) is 0 Å². The van der Waals surface area contributed by atoms with Crippen LogP contribution in [0.5, 0.6) is 11.5 Å². The van der Waals surface area contributed by atoms with E-state index < -0.39 is 0 Å². The van der Waals surface area contributed by atoms with Crippen molar-refractivity contribution in [3.05, 3.63) is 18.2 Å². The summed E-state index contributed by atoms with van der Waals surface area (Å²) in [5.74, 6) is 1.71. The number of nitrogens with one attached hydrogen (secondary N) is 1. The Bertz CT molecular complexity index is 459. The zero-order chi connectivity index (χ0) is 12.8. The second kappa shape index (κ2) is 4.05. The van der Waals surface area contributed by atoms with Gasteiger partial charge in [-0.25, -0.2) is 0 Å². The number of nitrogens with zero attached hydrogens (tertiary/aromatic N) is 1. The first-order chi connectivity index (χ1) is 8.63. The zero-order valence-corrected chi connectivity index (χ0v) is 11.2. The van der Waals surface area contributed by atoms with Crippen LogP contribution in [0.4, 0.5) is 5.69 Å². The van der Waals surface area contributed by atoms with Crippen molar-refractivity contribution in [3.8, 4) is 11.5 Å². The van der Waals surface area contributed by atoms with Gasteiger partial charge in [-0.15, -0.1) is 0 Å². The molecule has 1 N–H and O–H groups in total. The first-order valence-electron chi connectivity index (χ1n) is 6.47. The first-order valence-corrected chi connectivity index (χ1v) is 6.47. The van der Waals surface area contributed by atoms with Crippen LogP contribution in [0.2, 0.25) is 0 Å². The Morgan fingerprint density at radius 2 is 2.06 bits per heavy atom. The normalized spacial score (nSPS) is 24.6. The molecule has 4 nitrogen and oxygen atoms in total. The predicted molar refractivity (Wildman–Crippen MR) is 71.5 cm³/mol. The fourth-order valence-corrected chi connectivity index (χ4v) is 3.10. The summed E-state index contributed by atoms with van der Waals surface area (Å²) in [6.07, 6.45) is 1.16. The Morgan fingerprint density at radius 1 is 1.28 bits per heavy atom. The van der Waals surface area contributed by atoms with Crippen molar-refractivity contribution in [2.45, 2.75) is 31.8 Å². The highest BCUT2D eigenvalue weighted by Gasteiger charge is 2.40. The summed E-state index contributed by atoms with van der Waals surface area (Å²) in [7, 11) is 2.04. The summed E-state index contributed by atoms with van der Waals surface area (Å²) in [6.45, 7) is 5.97. The third-order valence-electron chi connectivity index (χ3n) is 4.21. The monoisotopic (exact) mass is 248 g/mol. The summed E-state index contributed by atoms with van der Waals surface area (Å²) in [4.78, 5) is 2.44. The Hall–Kier alpha value is -1.42. The van der Waals surface area contributed by atoms with E-state index in [1.807, 2.05) is 13.1 Å². The SMILES string of the molecule is CNC1CCN(c2ccc3c(c2)OCO3)C1(C)C. The molecule has 4 heteroatoms. The number of fused-ring (bicyclic) bond motifs is 1. The highest BCUT2D eigenvalue weighted by molar-refractivity contribution is 5.59. The lowest BCUT2D eigenvalue weighted by Crippen LogP contribution is -2.50. The molecule has 1 aromatic carbocycles. The fourth-order valence-electron chi connectivity index (χ4n) is 3.10. The quantitative estimate of drug-likeness (QED) is 0.868. The van der Waals surface area contributed by atoms with E-state index in [0.717, 1.165) is 24.5 Å². The van der Waals surface area contributed by atoms with Crippen molar-refractivity contribution < 1.29 is 9.47 Å². The molecule has 18 heavy (non-hydrogen) atoms. The van der Waals surface area contributed by atoms with Gasteiger partial charge in [0.2, 0.25) is 6.79 Å². The topological polar surface area (TPSA) is 33.7 Å². The van der Waals surface area contributed by atoms with Crippen LogP contribution in [0, 0.1) is 0 Å². The average molecular weight is 248 g/mol. The molecule has 0 radical (unpaired) electrons. The van der Waals surface area contributed by atoms with Crippen LogP contribution in [0.15, 0.2) is 18.2 Å². The number of hydrogen-bond donors (Lipinski definition) is 1. The number of anilines is 1. The molecule has 2 aliphatic rings. The zero-order valence-electron chi connectivity index (χ0n) is 11.2. The molecule has 0 amide bonds. The van der Waals surface area contributed by atoms with Crippen molar-refractivity contribution in [1.29, 1.82) is 0 Å². The van der Waals surface area contributed by atoms with E-state index in [1.165, 1.54) is 5.69 Å². The fraction of sp³-hybridized carbons (Fsp3) is 0.571. The molecule has 2 heterocycles. The second-order valence-electron chi connectivity index (χ2n) is 5.47. The molecule has 0 saturated carbocycles. The van der Waals surface area contributed by atoms with Crippen LogP contribution in [0.3, 0.4) is 0 Å². The molecule has 1 aromatic rings. The van der Waals surface area contributed by atoms with Crippen molar-refractivity contribution >= 4 is 5.69 Å². The van der Waals surface area contributed by atoms with E-state index in [4.69, 9.17) is 9.47 Å². The van der Waals surface area contributed by atoms with Crippen LogP contribution >= 0.6 is 0 Å². The van der Waals surface area contributed by atoms with E-state index in [9.17, 15) is 0 Å². The van der Waals surface area contributed by atoms with Gasteiger partial charge in [0.25, 0.3) is 0 Å². The highest BCUT2D eigenvalue weighted by atomic mass is 16.7. The van der Waals surface area contributed by atoms with Crippen molar-refractivity contribution in [2.24, 2.45) is 0 Å². The molecular formula is C14H20N2O2. The minimum absolute atomic E-state index is 0.114. The number of likely N-dealkylation sites (N-methyl/N-ethyl adjacent to an activating group) is 1. The lowest BCUT2D eigenvalue weighted by molar-refractivity contribution is 0.174. The molecule has 0 spiro atoms. The maximum atomic E-state index is 5.46. The maximum Gasteiger partial charge on any atom is 0.231 e. The minimum Gasteiger partial charge on any atom is -0.454 e. The Kier molecular flexibility index (Phi) is 2.63. The van der Waals surface area contributed by atoms with Crippen molar-refractivity contribution in [3.63, 3.8) is 0 Å². The maximum absolute atomic E-state index is 5.46. The lowest BCUT2D eigenvalue weighted by atomic mass is 9.95. The standard InChI is InChI=1S/C14H20N2O2/c1-14(2)13(15-3)6-7-16(14)10-4-5-11-12(8-10)18-9-17-11/h4-5,8,13,15H,6-7,9H2,1-3H3. The van der Waals surface area contributed by atoms with Crippen LogP contribution in [0.25, 0.3) is 0 Å². The lowest BCUT2D eigenvalue weighted by Gasteiger charge is -2.37. The number of hydrogen-bond acceptors (Lipinski definition) is 4. The molecule has 1 fully saturated rings. The third-order valence-corrected chi connectivity index (χ3v) is 4.21. The third kappa shape index (κ3) is 1.63. The smallest absolute Gasteiger partial charge is 0.231 e. The number of benzene rings is 1. The van der Waals surface area contributed by atoms with Crippen molar-refractivity contribution in [2.75, 3.05) is 25.3 Å². The molecule has 1 atom stereocenters. The first kappa shape index (κ1) is 11.7. The molecule has 1 saturated heterocycles. The molecule has 98 valence electrons. The van der Waals surface area contributed by atoms with Gasteiger partial charge in [0.05, 0.1) is 0 Å². The molecule has 2 aliphatic heterocycles. The van der Waals surface area contributed by atoms with Gasteiger partial charge in [0.1, 0.15) is 0 Å². The van der Waals surface area contributed by atoms with Crippen LogP contribution in [-0.4, -0.2) is 32.0 Å². The Labute approximate surface area is 108 Å². The summed E-state index contributed by atoms with van der Waals surface area (Å²) < 4.78 is 10.8. The minimum atomic E-state index is 0.114. The molecule has 1 unspecified atom stereocenters. The highest BCUT2D eigenvalue weighted by Crippen LogP contribution is 2.40. The van der Waals surface area contributed by atoms with E-state index in [-0.39, 0.29) is 5.54 Å². The molecule has 0 bridgehead atoms. The van der Waals surface area contributed by atoms with Crippen molar-refractivity contribution in [1.82, 2.24) is 5.32 Å². The van der Waals surface area contributed by atoms with Gasteiger partial charge >= 0.3 is 0 Å². The van der Waals surface area contributed by atoms with Gasteiger partial charge in [0, 0.05) is 29.9 Å². The summed E-state index contributed by atoms with van der Waals surface area (Å²) in [5.41, 5.74) is 1.32. The molecule has 0 aromatic heterocycles. The van der Waals surface area contributed by atoms with Gasteiger partial charge < -0.3 is 19.7 Å². The average Bonchev–Trinajstić information content (AvgIpc) is 2.91. The summed E-state index contributed by atoms with van der Waals surface area (Å²) >= 11 is 0. The number of ether oxygens (including phenoxy) is 2.